The van der Waals surface area contributed by atoms with Crippen molar-refractivity contribution in [3.05, 3.63) is 119 Å². The third kappa shape index (κ3) is 2.49. The van der Waals surface area contributed by atoms with Crippen LogP contribution in [0, 0.1) is 0 Å². The number of fused-ring (bicyclic) bond motifs is 3. The molecule has 0 aliphatic heterocycles. The molecule has 0 spiro atoms. The topological polar surface area (TPSA) is 29.5 Å². The summed E-state index contributed by atoms with van der Waals surface area (Å²) in [5.41, 5.74) is 6.21. The number of rotatable bonds is 4. The highest BCUT2D eigenvalue weighted by Gasteiger charge is 2.47. The summed E-state index contributed by atoms with van der Waals surface area (Å²) in [5.74, 6) is 1.15. The van der Waals surface area contributed by atoms with Crippen molar-refractivity contribution in [3.8, 4) is 22.6 Å². The van der Waals surface area contributed by atoms with Gasteiger partial charge >= 0.3 is 0 Å². The van der Waals surface area contributed by atoms with Crippen molar-refractivity contribution in [1.82, 2.24) is 0 Å². The van der Waals surface area contributed by atoms with Crippen molar-refractivity contribution in [2.45, 2.75) is 12.3 Å². The molecule has 4 aromatic carbocycles. The SMILES string of the molecule is CCOc1ccc(C2(c3ccccc3O)c3ccccc3-c3ccccc32)cc1. The molecule has 29 heavy (non-hydrogen) atoms. The molecule has 2 nitrogen and oxygen atoms in total. The summed E-state index contributed by atoms with van der Waals surface area (Å²) < 4.78 is 5.68. The Morgan fingerprint density at radius 3 is 1.72 bits per heavy atom. The van der Waals surface area contributed by atoms with Crippen LogP contribution in [0.3, 0.4) is 0 Å². The van der Waals surface area contributed by atoms with Crippen LogP contribution in [0.2, 0.25) is 0 Å². The van der Waals surface area contributed by atoms with Crippen LogP contribution < -0.4 is 4.74 Å². The summed E-state index contributed by atoms with van der Waals surface area (Å²) in [5, 5.41) is 11.0. The van der Waals surface area contributed by atoms with Gasteiger partial charge in [0.25, 0.3) is 0 Å². The van der Waals surface area contributed by atoms with Crippen LogP contribution in [0.4, 0.5) is 0 Å². The Kier molecular flexibility index (Phi) is 4.13. The molecule has 4 aromatic rings. The maximum Gasteiger partial charge on any atom is 0.120 e. The maximum atomic E-state index is 11.0. The summed E-state index contributed by atoms with van der Waals surface area (Å²) in [6, 6.07) is 33.0. The molecule has 0 saturated heterocycles. The molecule has 0 aromatic heterocycles. The molecular weight excluding hydrogens is 356 g/mol. The lowest BCUT2D eigenvalue weighted by atomic mass is 9.67. The molecule has 0 saturated carbocycles. The van der Waals surface area contributed by atoms with E-state index in [1.54, 1.807) is 6.07 Å². The maximum absolute atomic E-state index is 11.0. The average molecular weight is 378 g/mol. The first-order valence-electron chi connectivity index (χ1n) is 9.98. The molecule has 0 bridgehead atoms. The Labute approximate surface area is 171 Å². The monoisotopic (exact) mass is 378 g/mol. The number of hydrogen-bond donors (Lipinski definition) is 1. The highest BCUT2D eigenvalue weighted by Crippen LogP contribution is 2.57. The minimum absolute atomic E-state index is 0.299. The van der Waals surface area contributed by atoms with E-state index in [-0.39, 0.29) is 0 Å². The Bertz CT molecular complexity index is 1130. The molecule has 0 radical (unpaired) electrons. The normalized spacial score (nSPS) is 13.6. The van der Waals surface area contributed by atoms with Gasteiger partial charge in [-0.15, -0.1) is 0 Å². The molecule has 142 valence electrons. The van der Waals surface area contributed by atoms with E-state index in [9.17, 15) is 5.11 Å². The van der Waals surface area contributed by atoms with Crippen molar-refractivity contribution >= 4 is 0 Å². The lowest BCUT2D eigenvalue weighted by molar-refractivity contribution is 0.340. The number of ether oxygens (including phenoxy) is 1. The van der Waals surface area contributed by atoms with Gasteiger partial charge in [0.05, 0.1) is 12.0 Å². The molecular formula is C27H22O2. The summed E-state index contributed by atoms with van der Waals surface area (Å²) in [6.07, 6.45) is 0. The van der Waals surface area contributed by atoms with E-state index in [1.165, 1.54) is 22.3 Å². The molecule has 1 N–H and O–H groups in total. The number of aromatic hydroxyl groups is 1. The molecule has 0 heterocycles. The van der Waals surface area contributed by atoms with Gasteiger partial charge < -0.3 is 9.84 Å². The van der Waals surface area contributed by atoms with Crippen LogP contribution in [0.1, 0.15) is 29.2 Å². The molecule has 2 heteroatoms. The van der Waals surface area contributed by atoms with E-state index >= 15 is 0 Å². The first-order chi connectivity index (χ1) is 14.3. The van der Waals surface area contributed by atoms with Crippen molar-refractivity contribution in [2.75, 3.05) is 6.61 Å². The highest BCUT2D eigenvalue weighted by molar-refractivity contribution is 5.86. The summed E-state index contributed by atoms with van der Waals surface area (Å²) >= 11 is 0. The molecule has 1 aliphatic rings. The van der Waals surface area contributed by atoms with Crippen molar-refractivity contribution in [1.29, 1.82) is 0 Å². The number of benzene rings is 4. The minimum atomic E-state index is -0.580. The minimum Gasteiger partial charge on any atom is -0.508 e. The van der Waals surface area contributed by atoms with E-state index in [0.717, 1.165) is 16.9 Å². The predicted molar refractivity (Wildman–Crippen MR) is 117 cm³/mol. The average Bonchev–Trinajstić information content (AvgIpc) is 3.06. The Morgan fingerprint density at radius 2 is 1.17 bits per heavy atom. The smallest absolute Gasteiger partial charge is 0.120 e. The van der Waals surface area contributed by atoms with Crippen LogP contribution in [0.5, 0.6) is 11.5 Å². The van der Waals surface area contributed by atoms with Gasteiger partial charge in [-0.25, -0.2) is 0 Å². The van der Waals surface area contributed by atoms with Gasteiger partial charge in [-0.05, 0) is 52.9 Å². The van der Waals surface area contributed by atoms with Crippen molar-refractivity contribution in [2.24, 2.45) is 0 Å². The van der Waals surface area contributed by atoms with Gasteiger partial charge in [0.2, 0.25) is 0 Å². The second-order valence-corrected chi connectivity index (χ2v) is 7.32. The van der Waals surface area contributed by atoms with Crippen LogP contribution in [0.25, 0.3) is 11.1 Å². The Morgan fingerprint density at radius 1 is 0.655 bits per heavy atom. The van der Waals surface area contributed by atoms with Gasteiger partial charge in [0.1, 0.15) is 11.5 Å². The standard InChI is InChI=1S/C27H22O2/c1-2-29-20-17-15-19(16-18-20)27(25-13-7-8-14-26(25)28)23-11-5-3-9-21(23)22-10-4-6-12-24(22)27/h3-18,28H,2H2,1H3. The summed E-state index contributed by atoms with van der Waals surface area (Å²) in [7, 11) is 0. The highest BCUT2D eigenvalue weighted by atomic mass is 16.5. The molecule has 1 aliphatic carbocycles. The summed E-state index contributed by atoms with van der Waals surface area (Å²) in [4.78, 5) is 0. The second kappa shape index (κ2) is 6.82. The third-order valence-corrected chi connectivity index (χ3v) is 5.86. The largest absolute Gasteiger partial charge is 0.508 e. The fourth-order valence-corrected chi connectivity index (χ4v) is 4.75. The van der Waals surface area contributed by atoms with Crippen LogP contribution in [-0.2, 0) is 5.41 Å². The van der Waals surface area contributed by atoms with Crippen LogP contribution >= 0.6 is 0 Å². The van der Waals surface area contributed by atoms with Crippen molar-refractivity contribution in [3.63, 3.8) is 0 Å². The van der Waals surface area contributed by atoms with Gasteiger partial charge in [0, 0.05) is 5.56 Å². The number of hydrogen-bond acceptors (Lipinski definition) is 2. The zero-order valence-corrected chi connectivity index (χ0v) is 16.3. The molecule has 0 fully saturated rings. The van der Waals surface area contributed by atoms with Gasteiger partial charge in [-0.1, -0.05) is 78.9 Å². The van der Waals surface area contributed by atoms with E-state index in [0.29, 0.717) is 12.4 Å². The quantitative estimate of drug-likeness (QED) is 0.406. The fraction of sp³-hybridized carbons (Fsp3) is 0.111. The van der Waals surface area contributed by atoms with E-state index in [1.807, 2.05) is 37.3 Å². The van der Waals surface area contributed by atoms with E-state index < -0.39 is 5.41 Å². The van der Waals surface area contributed by atoms with E-state index in [2.05, 4.69) is 60.7 Å². The molecule has 0 unspecified atom stereocenters. The first-order valence-corrected chi connectivity index (χ1v) is 9.98. The van der Waals surface area contributed by atoms with Crippen LogP contribution in [0.15, 0.2) is 97.1 Å². The number of phenolic OH excluding ortho intramolecular Hbond substituents is 1. The lowest BCUT2D eigenvalue weighted by Gasteiger charge is -2.34. The lowest BCUT2D eigenvalue weighted by Crippen LogP contribution is -2.28. The summed E-state index contributed by atoms with van der Waals surface area (Å²) in [6.45, 7) is 2.62. The second-order valence-electron chi connectivity index (χ2n) is 7.32. The first kappa shape index (κ1) is 17.6. The van der Waals surface area contributed by atoms with Gasteiger partial charge in [-0.2, -0.15) is 0 Å². The molecule has 5 rings (SSSR count). The molecule has 0 atom stereocenters. The number of phenols is 1. The Hall–Kier alpha value is -3.52. The Balaban J connectivity index is 1.89. The van der Waals surface area contributed by atoms with Gasteiger partial charge in [-0.3, -0.25) is 0 Å². The van der Waals surface area contributed by atoms with Crippen molar-refractivity contribution < 1.29 is 9.84 Å². The zero-order chi connectivity index (χ0) is 19.8. The molecule has 0 amide bonds. The number of para-hydroxylation sites is 1. The third-order valence-electron chi connectivity index (χ3n) is 5.86. The van der Waals surface area contributed by atoms with E-state index in [4.69, 9.17) is 4.74 Å². The fourth-order valence-electron chi connectivity index (χ4n) is 4.75. The van der Waals surface area contributed by atoms with Gasteiger partial charge in [0.15, 0.2) is 0 Å². The van der Waals surface area contributed by atoms with Crippen LogP contribution in [-0.4, -0.2) is 11.7 Å². The predicted octanol–water partition coefficient (Wildman–Crippen LogP) is 6.15. The zero-order valence-electron chi connectivity index (χ0n) is 16.3.